The summed E-state index contributed by atoms with van der Waals surface area (Å²) in [6.45, 7) is 0.429. The minimum atomic E-state index is -0.553. The van der Waals surface area contributed by atoms with Crippen LogP contribution in [0.1, 0.15) is 12.8 Å². The van der Waals surface area contributed by atoms with Crippen LogP contribution in [0.4, 0.5) is 0 Å². The van der Waals surface area contributed by atoms with Crippen LogP contribution in [-0.4, -0.2) is 28.0 Å². The molecule has 1 rings (SSSR count). The molecule has 0 aliphatic heterocycles. The molecule has 0 aromatic heterocycles. The first kappa shape index (κ1) is 18.9. The summed E-state index contributed by atoms with van der Waals surface area (Å²) in [5, 5.41) is 25.8. The largest absolute Gasteiger partial charge is 0.491 e. The molecule has 6 heteroatoms. The third kappa shape index (κ3) is 8.92. The maximum absolute atomic E-state index is 8.58. The lowest BCUT2D eigenvalue weighted by Crippen LogP contribution is -2.19. The second-order valence-corrected chi connectivity index (χ2v) is 5.83. The van der Waals surface area contributed by atoms with Crippen molar-refractivity contribution >= 4 is 31.9 Å². The molecule has 1 unspecified atom stereocenters. The van der Waals surface area contributed by atoms with E-state index in [9.17, 15) is 0 Å². The predicted molar refractivity (Wildman–Crippen MR) is 84.9 cm³/mol. The number of nitriles is 2. The summed E-state index contributed by atoms with van der Waals surface area (Å²) in [4.78, 5) is 0. The summed E-state index contributed by atoms with van der Waals surface area (Å²) < 4.78 is 4.55. The Morgan fingerprint density at radius 1 is 1.25 bits per heavy atom. The first-order chi connectivity index (χ1) is 9.61. The van der Waals surface area contributed by atoms with Crippen molar-refractivity contribution in [1.29, 1.82) is 10.5 Å². The second kappa shape index (κ2) is 11.7. The van der Waals surface area contributed by atoms with Crippen molar-refractivity contribution in [1.82, 2.24) is 0 Å². The summed E-state index contributed by atoms with van der Waals surface area (Å²) in [6, 6.07) is 13.5. The maximum atomic E-state index is 8.58. The van der Waals surface area contributed by atoms with E-state index in [1.165, 1.54) is 0 Å². The van der Waals surface area contributed by atoms with Crippen molar-refractivity contribution in [3.05, 3.63) is 30.3 Å². The first-order valence-corrected chi connectivity index (χ1v) is 7.85. The zero-order valence-electron chi connectivity index (χ0n) is 10.9. The summed E-state index contributed by atoms with van der Waals surface area (Å²) in [5.41, 5.74) is 0. The fourth-order valence-corrected chi connectivity index (χ4v) is 1.69. The van der Waals surface area contributed by atoms with Crippen LogP contribution in [0.3, 0.4) is 0 Å². The number of para-hydroxylation sites is 1. The van der Waals surface area contributed by atoms with Crippen molar-refractivity contribution in [2.75, 3.05) is 18.5 Å². The minimum Gasteiger partial charge on any atom is -0.491 e. The van der Waals surface area contributed by atoms with Crippen LogP contribution in [0.25, 0.3) is 0 Å². The van der Waals surface area contributed by atoms with Crippen LogP contribution in [0.2, 0.25) is 0 Å². The summed E-state index contributed by atoms with van der Waals surface area (Å²) >= 11 is 6.41. The van der Waals surface area contributed by atoms with E-state index in [4.69, 9.17) is 20.4 Å². The fourth-order valence-electron chi connectivity index (χ4n) is 1.09. The molecule has 0 radical (unpaired) electrons. The molecule has 108 valence electrons. The van der Waals surface area contributed by atoms with E-state index >= 15 is 0 Å². The smallest absolute Gasteiger partial charge is 0.123 e. The van der Waals surface area contributed by atoms with Gasteiger partial charge < -0.3 is 9.84 Å². The Labute approximate surface area is 136 Å². The highest BCUT2D eigenvalue weighted by molar-refractivity contribution is 9.12. The molecule has 0 saturated carbocycles. The number of nitrogens with zero attached hydrogens (tertiary/aromatic N) is 2. The molecule has 0 aliphatic carbocycles. The lowest BCUT2D eigenvalue weighted by Gasteiger charge is -2.12. The molecule has 1 N–H and O–H groups in total. The maximum Gasteiger partial charge on any atom is 0.123 e. The monoisotopic (exact) mass is 402 g/mol. The molecule has 0 amide bonds. The number of ether oxygens (including phenoxy) is 1. The van der Waals surface area contributed by atoms with Gasteiger partial charge in [-0.05, 0) is 18.6 Å². The van der Waals surface area contributed by atoms with Crippen LogP contribution in [-0.2, 0) is 0 Å². The normalized spacial score (nSPS) is 12.1. The van der Waals surface area contributed by atoms with E-state index in [0.717, 1.165) is 5.75 Å². The van der Waals surface area contributed by atoms with Gasteiger partial charge in [-0.15, -0.1) is 0 Å². The number of halogens is 2. The van der Waals surface area contributed by atoms with Gasteiger partial charge in [0, 0.05) is 11.8 Å². The third-order valence-electron chi connectivity index (χ3n) is 2.15. The van der Waals surface area contributed by atoms with Crippen molar-refractivity contribution in [3.63, 3.8) is 0 Å². The molecule has 1 atom stereocenters. The number of hydrogen-bond acceptors (Lipinski definition) is 4. The van der Waals surface area contributed by atoms with Gasteiger partial charge in [0.25, 0.3) is 0 Å². The van der Waals surface area contributed by atoms with Crippen LogP contribution in [0.15, 0.2) is 30.3 Å². The van der Waals surface area contributed by atoms with E-state index in [0.29, 0.717) is 24.8 Å². The van der Waals surface area contributed by atoms with Crippen LogP contribution < -0.4 is 4.74 Å². The zero-order chi connectivity index (χ0) is 15.3. The minimum absolute atomic E-state index is 0.0644. The van der Waals surface area contributed by atoms with Crippen molar-refractivity contribution < 1.29 is 9.84 Å². The number of aliphatic hydroxyl groups excluding tert-OH is 1. The molecular formula is C14H16Br2N2O2. The molecule has 0 heterocycles. The topological polar surface area (TPSA) is 77.0 Å². The van der Waals surface area contributed by atoms with E-state index in [-0.39, 0.29) is 6.61 Å². The Kier molecular flexibility index (Phi) is 11.1. The molecule has 0 bridgehead atoms. The molecule has 1 aromatic carbocycles. The van der Waals surface area contributed by atoms with Gasteiger partial charge >= 0.3 is 0 Å². The highest BCUT2D eigenvalue weighted by atomic mass is 79.9. The van der Waals surface area contributed by atoms with E-state index in [1.807, 2.05) is 36.4 Å². The molecule has 1 aromatic rings. The fraction of sp³-hybridized carbons (Fsp3) is 0.429. The van der Waals surface area contributed by atoms with Gasteiger partial charge in [-0.3, -0.25) is 0 Å². The first-order valence-electron chi connectivity index (χ1n) is 5.93. The molecule has 0 fully saturated rings. The van der Waals surface area contributed by atoms with Crippen LogP contribution >= 0.6 is 31.9 Å². The van der Waals surface area contributed by atoms with Gasteiger partial charge in [0.1, 0.15) is 16.7 Å². The number of aliphatic hydroxyl groups is 1. The number of alkyl halides is 2. The van der Waals surface area contributed by atoms with Gasteiger partial charge in [0.15, 0.2) is 0 Å². The summed E-state index contributed by atoms with van der Waals surface area (Å²) in [7, 11) is 0. The Morgan fingerprint density at radius 3 is 2.35 bits per heavy atom. The molecular weight excluding hydrogens is 388 g/mol. The summed E-state index contributed by atoms with van der Waals surface area (Å²) in [6.07, 6.45) is 0.968. The van der Waals surface area contributed by atoms with E-state index in [1.54, 1.807) is 0 Å². The van der Waals surface area contributed by atoms with Gasteiger partial charge in [-0.1, -0.05) is 50.1 Å². The van der Waals surface area contributed by atoms with E-state index in [2.05, 4.69) is 37.9 Å². The number of hydrogen-bond donors (Lipinski definition) is 1. The van der Waals surface area contributed by atoms with Gasteiger partial charge in [0.2, 0.25) is 0 Å². The van der Waals surface area contributed by atoms with Crippen LogP contribution in [0, 0.1) is 22.7 Å². The van der Waals surface area contributed by atoms with Crippen LogP contribution in [0.5, 0.6) is 5.75 Å². The third-order valence-corrected chi connectivity index (χ3v) is 4.71. The Balaban J connectivity index is 0.000000361. The molecule has 0 spiro atoms. The highest BCUT2D eigenvalue weighted by Gasteiger charge is 2.23. The van der Waals surface area contributed by atoms with E-state index < -0.39 is 4.32 Å². The zero-order valence-corrected chi connectivity index (χ0v) is 14.1. The average Bonchev–Trinajstić information content (AvgIpc) is 2.52. The Bertz CT molecular complexity index is 443. The Morgan fingerprint density at radius 2 is 1.90 bits per heavy atom. The Hall–Kier alpha value is -1.08. The molecule has 20 heavy (non-hydrogen) atoms. The second-order valence-electron chi connectivity index (χ2n) is 3.75. The number of rotatable bonds is 6. The van der Waals surface area contributed by atoms with Gasteiger partial charge in [-0.2, -0.15) is 10.5 Å². The van der Waals surface area contributed by atoms with Crippen molar-refractivity contribution in [2.24, 2.45) is 0 Å². The predicted octanol–water partition coefficient (Wildman–Crippen LogP) is 3.40. The summed E-state index contributed by atoms with van der Waals surface area (Å²) in [5.74, 6) is 0.802. The molecule has 0 saturated heterocycles. The lowest BCUT2D eigenvalue weighted by atomic mass is 10.1. The highest BCUT2D eigenvalue weighted by Crippen LogP contribution is 2.25. The quantitative estimate of drug-likeness (QED) is 0.738. The van der Waals surface area contributed by atoms with Gasteiger partial charge in [-0.25, -0.2) is 0 Å². The van der Waals surface area contributed by atoms with Crippen molar-refractivity contribution in [2.45, 2.75) is 17.2 Å². The number of benzene rings is 1. The molecule has 0 aliphatic rings. The lowest BCUT2D eigenvalue weighted by molar-refractivity contribution is 0.201. The van der Waals surface area contributed by atoms with Crippen molar-refractivity contribution in [3.8, 4) is 17.9 Å². The standard InChI is InChI=1S/C8H10O2.C6H6Br2N2/c9-6-7-10-8-4-2-1-3-5-8;7-4-6(8,5-10)2-1-3-9/h1-5,9H,6-7H2;1-2,4H2. The average molecular weight is 404 g/mol. The molecule has 4 nitrogen and oxygen atoms in total. The van der Waals surface area contributed by atoms with Gasteiger partial charge in [0.05, 0.1) is 18.7 Å². The SMILES string of the molecule is N#CCCC(Br)(C#N)CBr.OCCOc1ccccc1.